The molecule has 1 aromatic carbocycles. The van der Waals surface area contributed by atoms with Crippen LogP contribution >= 0.6 is 12.2 Å². The Kier molecular flexibility index (Phi) is 2.36. The number of rotatable bonds is 2. The summed E-state index contributed by atoms with van der Waals surface area (Å²) >= 11 is 5.29. The first-order valence-corrected chi connectivity index (χ1v) is 5.99. The summed E-state index contributed by atoms with van der Waals surface area (Å²) in [5.41, 5.74) is 1.13. The summed E-state index contributed by atoms with van der Waals surface area (Å²) in [4.78, 5) is 0. The lowest BCUT2D eigenvalue weighted by atomic mass is 9.92. The van der Waals surface area contributed by atoms with Gasteiger partial charge in [-0.1, -0.05) is 30.3 Å². The molecule has 1 aromatic heterocycles. The van der Waals surface area contributed by atoms with Gasteiger partial charge in [-0.3, -0.25) is 9.67 Å². The smallest absolute Gasteiger partial charge is 0.195 e. The number of hydrogen-bond donors (Lipinski definition) is 1. The topological polar surface area (TPSA) is 33.6 Å². The van der Waals surface area contributed by atoms with Crippen molar-refractivity contribution in [2.24, 2.45) is 0 Å². The zero-order valence-corrected chi connectivity index (χ0v) is 9.70. The van der Waals surface area contributed by atoms with Crippen molar-refractivity contribution in [3.05, 3.63) is 35.1 Å². The molecule has 0 spiro atoms. The van der Waals surface area contributed by atoms with Gasteiger partial charge in [0.2, 0.25) is 0 Å². The lowest BCUT2D eigenvalue weighted by molar-refractivity contribution is 0.313. The zero-order valence-electron chi connectivity index (χ0n) is 8.89. The van der Waals surface area contributed by atoms with Crippen LogP contribution in [0.2, 0.25) is 0 Å². The van der Waals surface area contributed by atoms with Crippen LogP contribution in [0, 0.1) is 4.77 Å². The van der Waals surface area contributed by atoms with Crippen molar-refractivity contribution in [2.45, 2.75) is 25.3 Å². The van der Waals surface area contributed by atoms with E-state index in [1.54, 1.807) is 0 Å². The van der Waals surface area contributed by atoms with E-state index in [0.717, 1.165) is 16.2 Å². The molecule has 0 radical (unpaired) electrons. The number of benzene rings is 1. The highest BCUT2D eigenvalue weighted by atomic mass is 32.1. The third-order valence-electron chi connectivity index (χ3n) is 3.18. The number of nitrogens with zero attached hydrogens (tertiary/aromatic N) is 2. The lowest BCUT2D eigenvalue weighted by Gasteiger charge is -2.27. The summed E-state index contributed by atoms with van der Waals surface area (Å²) < 4.78 is 2.90. The van der Waals surface area contributed by atoms with Gasteiger partial charge in [0, 0.05) is 11.6 Å². The van der Waals surface area contributed by atoms with Crippen LogP contribution in [-0.2, 0) is 0 Å². The van der Waals surface area contributed by atoms with Crippen molar-refractivity contribution in [1.29, 1.82) is 0 Å². The Labute approximate surface area is 99.1 Å². The monoisotopic (exact) mass is 231 g/mol. The summed E-state index contributed by atoms with van der Waals surface area (Å²) in [5.74, 6) is 0.968. The molecule has 82 valence electrons. The van der Waals surface area contributed by atoms with Crippen molar-refractivity contribution < 1.29 is 0 Å². The Hall–Kier alpha value is -1.42. The molecule has 1 aliphatic rings. The first kappa shape index (κ1) is 9.78. The molecule has 0 amide bonds. The minimum absolute atomic E-state index is 0.543. The molecule has 4 heteroatoms. The fraction of sp³-hybridized carbons (Fsp3) is 0.333. The number of aromatic amines is 1. The third kappa shape index (κ3) is 1.50. The quantitative estimate of drug-likeness (QED) is 0.804. The summed E-state index contributed by atoms with van der Waals surface area (Å²) in [6.07, 6.45) is 3.73. The van der Waals surface area contributed by atoms with Gasteiger partial charge in [0.05, 0.1) is 0 Å². The molecular formula is C12H13N3S. The second kappa shape index (κ2) is 3.87. The second-order valence-electron chi connectivity index (χ2n) is 4.17. The fourth-order valence-electron chi connectivity index (χ4n) is 2.08. The Bertz CT molecular complexity index is 537. The minimum atomic E-state index is 0.543. The average molecular weight is 231 g/mol. The maximum absolute atomic E-state index is 5.29. The van der Waals surface area contributed by atoms with E-state index in [1.807, 2.05) is 18.2 Å². The molecule has 3 rings (SSSR count). The van der Waals surface area contributed by atoms with Gasteiger partial charge in [0.15, 0.2) is 10.6 Å². The average Bonchev–Trinajstić information content (AvgIpc) is 2.60. The highest BCUT2D eigenvalue weighted by molar-refractivity contribution is 7.71. The molecule has 0 aliphatic heterocycles. The predicted molar refractivity (Wildman–Crippen MR) is 65.7 cm³/mol. The van der Waals surface area contributed by atoms with Gasteiger partial charge in [-0.2, -0.15) is 5.10 Å². The van der Waals surface area contributed by atoms with Gasteiger partial charge in [-0.25, -0.2) is 0 Å². The number of nitrogens with one attached hydrogen (secondary N) is 1. The van der Waals surface area contributed by atoms with E-state index >= 15 is 0 Å². The van der Waals surface area contributed by atoms with Crippen LogP contribution in [0.25, 0.3) is 11.4 Å². The summed E-state index contributed by atoms with van der Waals surface area (Å²) in [7, 11) is 0. The van der Waals surface area contributed by atoms with E-state index in [-0.39, 0.29) is 0 Å². The molecule has 0 bridgehead atoms. The van der Waals surface area contributed by atoms with Crippen LogP contribution in [0.3, 0.4) is 0 Å². The second-order valence-corrected chi connectivity index (χ2v) is 4.56. The zero-order chi connectivity index (χ0) is 11.0. The lowest BCUT2D eigenvalue weighted by Crippen LogP contribution is -2.18. The van der Waals surface area contributed by atoms with E-state index < -0.39 is 0 Å². The van der Waals surface area contributed by atoms with E-state index in [4.69, 9.17) is 12.2 Å². The van der Waals surface area contributed by atoms with Gasteiger partial charge in [-0.15, -0.1) is 0 Å². The number of aromatic nitrogens is 3. The summed E-state index contributed by atoms with van der Waals surface area (Å²) in [6, 6.07) is 10.7. The van der Waals surface area contributed by atoms with Crippen molar-refractivity contribution in [2.75, 3.05) is 0 Å². The normalized spacial score (nSPS) is 16.0. The van der Waals surface area contributed by atoms with Gasteiger partial charge < -0.3 is 0 Å². The Morgan fingerprint density at radius 2 is 2.00 bits per heavy atom. The third-order valence-corrected chi connectivity index (χ3v) is 3.46. The minimum Gasteiger partial charge on any atom is -0.297 e. The molecule has 1 saturated carbocycles. The van der Waals surface area contributed by atoms with Crippen LogP contribution in [0.15, 0.2) is 30.3 Å². The van der Waals surface area contributed by atoms with E-state index in [1.165, 1.54) is 19.3 Å². The Morgan fingerprint density at radius 1 is 1.25 bits per heavy atom. The summed E-state index contributed by atoms with van der Waals surface area (Å²) in [6.45, 7) is 0. The van der Waals surface area contributed by atoms with Crippen LogP contribution in [0.4, 0.5) is 0 Å². The molecule has 2 aromatic rings. The van der Waals surface area contributed by atoms with Crippen molar-refractivity contribution in [3.63, 3.8) is 0 Å². The Morgan fingerprint density at radius 3 is 2.62 bits per heavy atom. The van der Waals surface area contributed by atoms with Gasteiger partial charge >= 0.3 is 0 Å². The first-order chi connectivity index (χ1) is 7.86. The largest absolute Gasteiger partial charge is 0.297 e. The standard InChI is InChI=1S/C12H13N3S/c16-12-14-13-11(9-5-2-1-3-6-9)15(12)10-7-4-8-10/h1-3,5-6,10H,4,7-8H2,(H,14,16). The van der Waals surface area contributed by atoms with Crippen LogP contribution in [-0.4, -0.2) is 14.8 Å². The van der Waals surface area contributed by atoms with Gasteiger partial charge in [-0.05, 0) is 31.5 Å². The molecule has 0 saturated heterocycles. The van der Waals surface area contributed by atoms with Crippen LogP contribution in [0.5, 0.6) is 0 Å². The summed E-state index contributed by atoms with van der Waals surface area (Å²) in [5, 5.41) is 7.24. The molecule has 1 heterocycles. The van der Waals surface area contributed by atoms with E-state index in [9.17, 15) is 0 Å². The SMILES string of the molecule is S=c1[nH]nc(-c2ccccc2)n1C1CCC1. The molecule has 1 aliphatic carbocycles. The highest BCUT2D eigenvalue weighted by Crippen LogP contribution is 2.34. The van der Waals surface area contributed by atoms with Crippen molar-refractivity contribution in [3.8, 4) is 11.4 Å². The van der Waals surface area contributed by atoms with Gasteiger partial charge in [0.1, 0.15) is 0 Å². The Balaban J connectivity index is 2.11. The van der Waals surface area contributed by atoms with Crippen molar-refractivity contribution >= 4 is 12.2 Å². The predicted octanol–water partition coefficient (Wildman–Crippen LogP) is 3.33. The molecule has 1 fully saturated rings. The number of hydrogen-bond acceptors (Lipinski definition) is 2. The van der Waals surface area contributed by atoms with E-state index in [0.29, 0.717) is 6.04 Å². The maximum atomic E-state index is 5.29. The van der Waals surface area contributed by atoms with Crippen LogP contribution < -0.4 is 0 Å². The highest BCUT2D eigenvalue weighted by Gasteiger charge is 2.23. The molecule has 0 unspecified atom stereocenters. The number of H-pyrrole nitrogens is 1. The molecule has 0 atom stereocenters. The van der Waals surface area contributed by atoms with E-state index in [2.05, 4.69) is 26.9 Å². The first-order valence-electron chi connectivity index (χ1n) is 5.58. The van der Waals surface area contributed by atoms with Crippen LogP contribution in [0.1, 0.15) is 25.3 Å². The maximum Gasteiger partial charge on any atom is 0.195 e. The molecule has 3 nitrogen and oxygen atoms in total. The molecular weight excluding hydrogens is 218 g/mol. The molecule has 1 N–H and O–H groups in total. The fourth-order valence-corrected chi connectivity index (χ4v) is 2.36. The van der Waals surface area contributed by atoms with Gasteiger partial charge in [0.25, 0.3) is 0 Å². The van der Waals surface area contributed by atoms with Crippen molar-refractivity contribution in [1.82, 2.24) is 14.8 Å². The molecule has 16 heavy (non-hydrogen) atoms.